The number of rotatable bonds is 4. The summed E-state index contributed by atoms with van der Waals surface area (Å²) < 4.78 is 0. The van der Waals surface area contributed by atoms with Crippen LogP contribution in [0.3, 0.4) is 0 Å². The maximum Gasteiger partial charge on any atom is 0.272 e. The molecule has 4 heteroatoms. The fourth-order valence-corrected chi connectivity index (χ4v) is 3.89. The van der Waals surface area contributed by atoms with E-state index in [-0.39, 0.29) is 11.8 Å². The molecule has 3 nitrogen and oxygen atoms in total. The van der Waals surface area contributed by atoms with Gasteiger partial charge >= 0.3 is 0 Å². The van der Waals surface area contributed by atoms with Crippen LogP contribution in [0.4, 0.5) is 5.69 Å². The number of carbonyl (C=O) groups excluding carboxylic acids is 2. The van der Waals surface area contributed by atoms with Crippen molar-refractivity contribution in [2.45, 2.75) is 27.7 Å². The van der Waals surface area contributed by atoms with Crippen LogP contribution in [0.2, 0.25) is 0 Å². The Bertz CT molecular complexity index is 881. The molecule has 1 heterocycles. The first-order valence-corrected chi connectivity index (χ1v) is 9.32. The van der Waals surface area contributed by atoms with Gasteiger partial charge in [0.25, 0.3) is 11.8 Å². The summed E-state index contributed by atoms with van der Waals surface area (Å²) in [6, 6.07) is 13.4. The average molecular weight is 351 g/mol. The van der Waals surface area contributed by atoms with E-state index in [1.54, 1.807) is 0 Å². The van der Waals surface area contributed by atoms with Gasteiger partial charge in [-0.2, -0.15) is 0 Å². The predicted molar refractivity (Wildman–Crippen MR) is 105 cm³/mol. The van der Waals surface area contributed by atoms with Crippen LogP contribution in [-0.4, -0.2) is 17.6 Å². The normalized spacial score (nSPS) is 14.6. The first-order valence-electron chi connectivity index (χ1n) is 8.34. The molecule has 0 fully saturated rings. The fraction of sp³-hybridized carbons (Fsp3) is 0.238. The quantitative estimate of drug-likeness (QED) is 0.753. The third kappa shape index (κ3) is 3.14. The molecule has 0 aliphatic carbocycles. The second-order valence-corrected chi connectivity index (χ2v) is 7.51. The lowest BCUT2D eigenvalue weighted by Crippen LogP contribution is -2.31. The highest BCUT2D eigenvalue weighted by molar-refractivity contribution is 8.04. The van der Waals surface area contributed by atoms with Crippen molar-refractivity contribution < 1.29 is 9.59 Å². The monoisotopic (exact) mass is 351 g/mol. The first kappa shape index (κ1) is 17.5. The zero-order valence-corrected chi connectivity index (χ0v) is 15.7. The Morgan fingerprint density at radius 3 is 2.12 bits per heavy atom. The van der Waals surface area contributed by atoms with Crippen LogP contribution in [0.1, 0.15) is 29.2 Å². The van der Waals surface area contributed by atoms with Crippen molar-refractivity contribution >= 4 is 34.8 Å². The highest BCUT2D eigenvalue weighted by atomic mass is 32.2. The maximum absolute atomic E-state index is 13.2. The first-order chi connectivity index (χ1) is 11.9. The zero-order valence-electron chi connectivity index (χ0n) is 14.9. The number of hydrogen-bond donors (Lipinski definition) is 0. The molecule has 2 aromatic rings. The van der Waals surface area contributed by atoms with Crippen LogP contribution in [0.5, 0.6) is 0 Å². The summed E-state index contributed by atoms with van der Waals surface area (Å²) in [6.07, 6.45) is 0. The van der Waals surface area contributed by atoms with Gasteiger partial charge in [-0.05, 0) is 49.8 Å². The number of thioether (sulfide) groups is 1. The molecule has 1 aliphatic heterocycles. The fourth-order valence-electron chi connectivity index (χ4n) is 3.05. The molecule has 2 amide bonds. The molecule has 0 saturated heterocycles. The van der Waals surface area contributed by atoms with Gasteiger partial charge in [-0.25, -0.2) is 4.90 Å². The molecule has 0 saturated carbocycles. The molecule has 1 aliphatic rings. The minimum atomic E-state index is -0.239. The second-order valence-electron chi connectivity index (χ2n) is 6.24. The Labute approximate surface area is 152 Å². The van der Waals surface area contributed by atoms with E-state index in [1.165, 1.54) is 16.7 Å². The summed E-state index contributed by atoms with van der Waals surface area (Å²) in [7, 11) is 0. The van der Waals surface area contributed by atoms with Gasteiger partial charge in [-0.1, -0.05) is 48.4 Å². The average Bonchev–Trinajstić information content (AvgIpc) is 2.80. The lowest BCUT2D eigenvalue weighted by Gasteiger charge is -2.15. The van der Waals surface area contributed by atoms with Gasteiger partial charge in [0.2, 0.25) is 0 Å². The van der Waals surface area contributed by atoms with Gasteiger partial charge in [0.05, 0.1) is 16.2 Å². The van der Waals surface area contributed by atoms with Gasteiger partial charge < -0.3 is 0 Å². The Balaban J connectivity index is 2.12. The molecule has 0 aromatic heterocycles. The van der Waals surface area contributed by atoms with Crippen LogP contribution < -0.4 is 4.90 Å². The Morgan fingerprint density at radius 1 is 0.880 bits per heavy atom. The minimum Gasteiger partial charge on any atom is -0.268 e. The lowest BCUT2D eigenvalue weighted by atomic mass is 9.99. The van der Waals surface area contributed by atoms with E-state index >= 15 is 0 Å². The number of nitrogens with zero attached hydrogens (tertiary/aromatic N) is 1. The van der Waals surface area contributed by atoms with E-state index in [2.05, 4.69) is 0 Å². The molecule has 0 atom stereocenters. The van der Waals surface area contributed by atoms with Crippen LogP contribution in [0, 0.1) is 20.8 Å². The van der Waals surface area contributed by atoms with Crippen LogP contribution in [0.25, 0.3) is 5.57 Å². The van der Waals surface area contributed by atoms with Crippen molar-refractivity contribution in [1.29, 1.82) is 0 Å². The van der Waals surface area contributed by atoms with E-state index in [0.29, 0.717) is 16.2 Å². The predicted octanol–water partition coefficient (Wildman–Crippen LogP) is 4.65. The number of imide groups is 1. The zero-order chi connectivity index (χ0) is 18.1. The molecule has 2 aromatic carbocycles. The van der Waals surface area contributed by atoms with Crippen molar-refractivity contribution in [2.24, 2.45) is 0 Å². The molecule has 25 heavy (non-hydrogen) atoms. The number of anilines is 1. The molecule has 0 radical (unpaired) electrons. The summed E-state index contributed by atoms with van der Waals surface area (Å²) in [4.78, 5) is 28.0. The Kier molecular flexibility index (Phi) is 4.82. The molecular formula is C21H21NO2S. The Hall–Kier alpha value is -2.33. The van der Waals surface area contributed by atoms with Crippen molar-refractivity contribution in [3.8, 4) is 0 Å². The van der Waals surface area contributed by atoms with Gasteiger partial charge in [0, 0.05) is 0 Å². The number of carbonyl (C=O) groups is 2. The number of amides is 2. The number of benzene rings is 2. The van der Waals surface area contributed by atoms with Crippen LogP contribution in [-0.2, 0) is 9.59 Å². The summed E-state index contributed by atoms with van der Waals surface area (Å²) in [5, 5.41) is 0. The highest BCUT2D eigenvalue weighted by Crippen LogP contribution is 2.39. The topological polar surface area (TPSA) is 37.4 Å². The highest BCUT2D eigenvalue weighted by Gasteiger charge is 2.40. The maximum atomic E-state index is 13.2. The van der Waals surface area contributed by atoms with Crippen LogP contribution >= 0.6 is 11.8 Å². The molecule has 128 valence electrons. The van der Waals surface area contributed by atoms with Crippen molar-refractivity contribution in [3.63, 3.8) is 0 Å². The van der Waals surface area contributed by atoms with Gasteiger partial charge in [-0.15, -0.1) is 11.8 Å². The van der Waals surface area contributed by atoms with Gasteiger partial charge in [0.15, 0.2) is 0 Å². The number of aryl methyl sites for hydroxylation is 3. The van der Waals surface area contributed by atoms with E-state index < -0.39 is 0 Å². The molecule has 0 N–H and O–H groups in total. The van der Waals surface area contributed by atoms with Gasteiger partial charge in [0.1, 0.15) is 0 Å². The smallest absolute Gasteiger partial charge is 0.268 e. The third-order valence-electron chi connectivity index (χ3n) is 4.27. The van der Waals surface area contributed by atoms with E-state index in [4.69, 9.17) is 0 Å². The Morgan fingerprint density at radius 2 is 1.52 bits per heavy atom. The van der Waals surface area contributed by atoms with Crippen molar-refractivity contribution in [2.75, 3.05) is 10.7 Å². The second kappa shape index (κ2) is 6.89. The van der Waals surface area contributed by atoms with E-state index in [0.717, 1.165) is 28.0 Å². The standard InChI is InChI=1S/C21H21NO2S/c1-5-25-19-18(17-11-8-14(3)12-15(17)4)20(23)22(21(19)24)16-9-6-13(2)7-10-16/h6-12H,5H2,1-4H3. The largest absolute Gasteiger partial charge is 0.272 e. The van der Waals surface area contributed by atoms with Crippen LogP contribution in [0.15, 0.2) is 47.4 Å². The summed E-state index contributed by atoms with van der Waals surface area (Å²) in [5.41, 5.74) is 5.22. The molecule has 3 rings (SSSR count). The molecule has 0 bridgehead atoms. The van der Waals surface area contributed by atoms with Gasteiger partial charge in [-0.3, -0.25) is 9.59 Å². The van der Waals surface area contributed by atoms with Crippen molar-refractivity contribution in [3.05, 3.63) is 69.6 Å². The SMILES string of the molecule is CCSC1=C(c2ccc(C)cc2C)C(=O)N(c2ccc(C)cc2)C1=O. The van der Waals surface area contributed by atoms with E-state index in [9.17, 15) is 9.59 Å². The lowest BCUT2D eigenvalue weighted by molar-refractivity contribution is -0.119. The van der Waals surface area contributed by atoms with E-state index in [1.807, 2.05) is 70.2 Å². The summed E-state index contributed by atoms with van der Waals surface area (Å²) >= 11 is 1.44. The number of hydrogen-bond acceptors (Lipinski definition) is 3. The van der Waals surface area contributed by atoms with Crippen molar-refractivity contribution in [1.82, 2.24) is 0 Å². The third-order valence-corrected chi connectivity index (χ3v) is 5.23. The molecular weight excluding hydrogens is 330 g/mol. The minimum absolute atomic E-state index is 0.226. The summed E-state index contributed by atoms with van der Waals surface area (Å²) in [5.74, 6) is 0.275. The summed E-state index contributed by atoms with van der Waals surface area (Å²) in [6.45, 7) is 7.97. The molecule has 0 spiro atoms. The molecule has 0 unspecified atom stereocenters.